The molecule has 5 heteroatoms. The van der Waals surface area contributed by atoms with Crippen molar-refractivity contribution in [3.05, 3.63) is 53.7 Å². The van der Waals surface area contributed by atoms with Gasteiger partial charge in [0.2, 0.25) is 5.91 Å². The molecule has 4 rings (SSSR count). The van der Waals surface area contributed by atoms with E-state index >= 15 is 0 Å². The van der Waals surface area contributed by atoms with Crippen molar-refractivity contribution in [3.8, 4) is 29.5 Å². The first-order chi connectivity index (χ1) is 13.5. The number of aromatic nitrogens is 1. The van der Waals surface area contributed by atoms with E-state index in [0.717, 1.165) is 33.0 Å². The van der Waals surface area contributed by atoms with Crippen LogP contribution in [0.25, 0.3) is 21.9 Å². The van der Waals surface area contributed by atoms with E-state index in [-0.39, 0.29) is 17.7 Å². The molecule has 0 aliphatic heterocycles. The number of rotatable bonds is 3. The normalized spacial score (nSPS) is 17.5. The van der Waals surface area contributed by atoms with Crippen molar-refractivity contribution in [3.63, 3.8) is 0 Å². The lowest BCUT2D eigenvalue weighted by molar-refractivity contribution is -0.117. The number of carbonyl (C=O) groups excluding carboxylic acids is 1. The Morgan fingerprint density at radius 3 is 2.82 bits per heavy atom. The van der Waals surface area contributed by atoms with Gasteiger partial charge in [-0.1, -0.05) is 12.0 Å². The summed E-state index contributed by atoms with van der Waals surface area (Å²) in [6.07, 6.45) is 7.75. The average molecular weight is 366 g/mol. The largest absolute Gasteiger partial charge is 0.398 e. The smallest absolute Gasteiger partial charge is 0.230 e. The minimum Gasteiger partial charge on any atom is -0.398 e. The molecule has 1 aliphatic rings. The van der Waals surface area contributed by atoms with Crippen molar-refractivity contribution in [2.45, 2.75) is 13.3 Å². The fraction of sp³-hybridized carbons (Fsp3) is 0.174. The highest BCUT2D eigenvalue weighted by atomic mass is 16.2. The maximum atomic E-state index is 12.2. The summed E-state index contributed by atoms with van der Waals surface area (Å²) in [5.74, 6) is 2.51. The Bertz CT molecular complexity index is 1200. The summed E-state index contributed by atoms with van der Waals surface area (Å²) in [6.45, 7) is 2.01. The zero-order valence-corrected chi connectivity index (χ0v) is 15.4. The van der Waals surface area contributed by atoms with E-state index in [1.54, 1.807) is 6.20 Å². The molecule has 5 nitrogen and oxygen atoms in total. The number of terminal acetylenes is 1. The van der Waals surface area contributed by atoms with Gasteiger partial charge in [0, 0.05) is 22.8 Å². The molecule has 0 saturated heterocycles. The predicted octanol–water partition coefficient (Wildman–Crippen LogP) is 3.87. The van der Waals surface area contributed by atoms with Gasteiger partial charge >= 0.3 is 0 Å². The maximum Gasteiger partial charge on any atom is 0.230 e. The summed E-state index contributed by atoms with van der Waals surface area (Å²) in [7, 11) is 0. The van der Waals surface area contributed by atoms with Crippen LogP contribution in [0.1, 0.15) is 17.5 Å². The lowest BCUT2D eigenvalue weighted by Gasteiger charge is -2.11. The van der Waals surface area contributed by atoms with Gasteiger partial charge in [-0.2, -0.15) is 5.26 Å². The molecular weight excluding hydrogens is 348 g/mol. The molecule has 1 saturated carbocycles. The Kier molecular flexibility index (Phi) is 4.22. The number of carbonyl (C=O) groups is 1. The number of hydrogen-bond donors (Lipinski definition) is 2. The van der Waals surface area contributed by atoms with Crippen molar-refractivity contribution in [1.29, 1.82) is 5.26 Å². The number of nitrogen functional groups attached to an aromatic ring is 1. The standard InChI is InChI=1S/C23H18N4O/c1-3-14-4-5-18(13(2)6-14)15-7-16-10-22(26-12-20(16)21(25)9-15)27-23(28)19-8-17(19)11-24/h1,4-7,9-10,12,17,19H,8,25H2,2H3,(H,26,27,28)/t17?,19-/m0/s1. The second kappa shape index (κ2) is 6.72. The predicted molar refractivity (Wildman–Crippen MR) is 110 cm³/mol. The molecule has 28 heavy (non-hydrogen) atoms. The lowest BCUT2D eigenvalue weighted by Crippen LogP contribution is -2.15. The number of benzene rings is 2. The number of amides is 1. The monoisotopic (exact) mass is 366 g/mol. The van der Waals surface area contributed by atoms with Crippen LogP contribution in [0.5, 0.6) is 0 Å². The van der Waals surface area contributed by atoms with Crippen LogP contribution in [0.2, 0.25) is 0 Å². The first kappa shape index (κ1) is 17.6. The fourth-order valence-corrected chi connectivity index (χ4v) is 3.43. The van der Waals surface area contributed by atoms with Gasteiger partial charge in [0.1, 0.15) is 5.82 Å². The number of nitriles is 1. The van der Waals surface area contributed by atoms with E-state index in [4.69, 9.17) is 17.4 Å². The Morgan fingerprint density at radius 1 is 1.32 bits per heavy atom. The van der Waals surface area contributed by atoms with Gasteiger partial charge in [0.05, 0.1) is 17.9 Å². The molecule has 1 amide bonds. The van der Waals surface area contributed by atoms with Crippen molar-refractivity contribution < 1.29 is 4.79 Å². The molecule has 0 spiro atoms. The lowest BCUT2D eigenvalue weighted by atomic mass is 9.96. The Labute approximate surface area is 163 Å². The second-order valence-electron chi connectivity index (χ2n) is 7.10. The molecule has 1 fully saturated rings. The van der Waals surface area contributed by atoms with Crippen molar-refractivity contribution in [2.75, 3.05) is 11.1 Å². The van der Waals surface area contributed by atoms with Gasteiger partial charge < -0.3 is 11.1 Å². The average Bonchev–Trinajstić information content (AvgIpc) is 3.47. The van der Waals surface area contributed by atoms with Gasteiger partial charge in [0.25, 0.3) is 0 Å². The first-order valence-corrected chi connectivity index (χ1v) is 8.97. The molecule has 136 valence electrons. The summed E-state index contributed by atoms with van der Waals surface area (Å²) >= 11 is 0. The number of fused-ring (bicyclic) bond motifs is 1. The van der Waals surface area contributed by atoms with Crippen LogP contribution < -0.4 is 11.1 Å². The van der Waals surface area contributed by atoms with Crippen molar-refractivity contribution >= 4 is 28.2 Å². The Morgan fingerprint density at radius 2 is 2.14 bits per heavy atom. The van der Waals surface area contributed by atoms with E-state index in [0.29, 0.717) is 17.9 Å². The number of aryl methyl sites for hydroxylation is 1. The zero-order chi connectivity index (χ0) is 19.8. The van der Waals surface area contributed by atoms with E-state index in [2.05, 4.69) is 22.3 Å². The van der Waals surface area contributed by atoms with E-state index < -0.39 is 0 Å². The summed E-state index contributed by atoms with van der Waals surface area (Å²) in [6, 6.07) is 13.7. The third-order valence-corrected chi connectivity index (χ3v) is 5.12. The molecule has 3 N–H and O–H groups in total. The first-order valence-electron chi connectivity index (χ1n) is 8.97. The minimum atomic E-state index is -0.240. The molecule has 3 aromatic rings. The quantitative estimate of drug-likeness (QED) is 0.544. The SMILES string of the molecule is C#Cc1ccc(-c2cc(N)c3cnc(NC(=O)[C@H]4CC4C#N)cc3c2)c(C)c1. The summed E-state index contributed by atoms with van der Waals surface area (Å²) in [5.41, 5.74) is 10.8. The van der Waals surface area contributed by atoms with Crippen LogP contribution in [0.3, 0.4) is 0 Å². The summed E-state index contributed by atoms with van der Waals surface area (Å²) in [4.78, 5) is 16.5. The molecule has 0 bridgehead atoms. The van der Waals surface area contributed by atoms with Gasteiger partial charge in [-0.25, -0.2) is 4.98 Å². The van der Waals surface area contributed by atoms with Crippen LogP contribution in [0, 0.1) is 42.4 Å². The molecule has 1 unspecified atom stereocenters. The van der Waals surface area contributed by atoms with Crippen LogP contribution >= 0.6 is 0 Å². The number of hydrogen-bond acceptors (Lipinski definition) is 4. The summed E-state index contributed by atoms with van der Waals surface area (Å²) in [5, 5.41) is 13.4. The fourth-order valence-electron chi connectivity index (χ4n) is 3.43. The van der Waals surface area contributed by atoms with E-state index in [1.807, 2.05) is 43.3 Å². The highest BCUT2D eigenvalue weighted by Crippen LogP contribution is 2.38. The third kappa shape index (κ3) is 3.15. The highest BCUT2D eigenvalue weighted by molar-refractivity contribution is 6.00. The van der Waals surface area contributed by atoms with Crippen LogP contribution in [0.15, 0.2) is 42.6 Å². The van der Waals surface area contributed by atoms with E-state index in [1.165, 1.54) is 0 Å². The highest BCUT2D eigenvalue weighted by Gasteiger charge is 2.43. The number of nitrogens with zero attached hydrogens (tertiary/aromatic N) is 2. The van der Waals surface area contributed by atoms with Crippen molar-refractivity contribution in [2.24, 2.45) is 11.8 Å². The minimum absolute atomic E-state index is 0.164. The Hall–Kier alpha value is -3.83. The Balaban J connectivity index is 1.70. The molecule has 1 aromatic heterocycles. The number of pyridine rings is 1. The number of nitrogens with two attached hydrogens (primary N) is 1. The summed E-state index contributed by atoms with van der Waals surface area (Å²) < 4.78 is 0. The molecular formula is C23H18N4O. The van der Waals surface area contributed by atoms with Crippen LogP contribution in [-0.2, 0) is 4.79 Å². The topological polar surface area (TPSA) is 91.8 Å². The number of anilines is 2. The van der Waals surface area contributed by atoms with Gasteiger partial charge in [0.15, 0.2) is 0 Å². The van der Waals surface area contributed by atoms with E-state index in [9.17, 15) is 4.79 Å². The third-order valence-electron chi connectivity index (χ3n) is 5.12. The van der Waals surface area contributed by atoms with Gasteiger partial charge in [-0.15, -0.1) is 6.42 Å². The van der Waals surface area contributed by atoms with Crippen LogP contribution in [-0.4, -0.2) is 10.9 Å². The molecule has 1 aliphatic carbocycles. The second-order valence-corrected chi connectivity index (χ2v) is 7.10. The maximum absolute atomic E-state index is 12.2. The van der Waals surface area contributed by atoms with Gasteiger partial charge in [-0.05, 0) is 65.8 Å². The molecule has 0 radical (unpaired) electrons. The number of nitrogens with one attached hydrogen (secondary N) is 1. The molecule has 1 heterocycles. The van der Waals surface area contributed by atoms with Crippen LogP contribution in [0.4, 0.5) is 11.5 Å². The van der Waals surface area contributed by atoms with Gasteiger partial charge in [-0.3, -0.25) is 4.79 Å². The zero-order valence-electron chi connectivity index (χ0n) is 15.4. The molecule has 2 aromatic carbocycles. The molecule has 2 atom stereocenters. The van der Waals surface area contributed by atoms with Crippen molar-refractivity contribution in [1.82, 2.24) is 4.98 Å².